The Kier molecular flexibility index (Phi) is 7.38. The van der Waals surface area contributed by atoms with Crippen molar-refractivity contribution in [1.82, 2.24) is 19.9 Å². The van der Waals surface area contributed by atoms with Crippen LogP contribution in [0.15, 0.2) is 191 Å². The number of rotatable bonds is 6. The van der Waals surface area contributed by atoms with Gasteiger partial charge in [0.25, 0.3) is 0 Å². The average Bonchev–Trinajstić information content (AvgIpc) is 3.90. The summed E-state index contributed by atoms with van der Waals surface area (Å²) in [5.74, 6) is 2.26. The first kappa shape index (κ1) is 31.8. The molecule has 0 saturated heterocycles. The molecule has 8 aromatic carbocycles. The molecule has 6 nitrogen and oxygen atoms in total. The van der Waals surface area contributed by atoms with Crippen molar-refractivity contribution in [1.29, 1.82) is 0 Å². The van der Waals surface area contributed by atoms with Gasteiger partial charge in [-0.2, -0.15) is 0 Å². The second kappa shape index (κ2) is 13.0. The zero-order valence-electron chi connectivity index (χ0n) is 29.9. The number of nitrogens with zero attached hydrogens (tertiary/aromatic N) is 4. The van der Waals surface area contributed by atoms with Crippen LogP contribution in [0, 0.1) is 0 Å². The fourth-order valence-electron chi connectivity index (χ4n) is 7.60. The van der Waals surface area contributed by atoms with E-state index in [4.69, 9.17) is 28.8 Å². The molecule has 0 aliphatic carbocycles. The van der Waals surface area contributed by atoms with Gasteiger partial charge in [0.1, 0.15) is 16.7 Å². The molecule has 0 amide bonds. The molecule has 0 atom stereocenters. The van der Waals surface area contributed by atoms with Crippen LogP contribution in [0.3, 0.4) is 0 Å². The van der Waals surface area contributed by atoms with E-state index in [9.17, 15) is 0 Å². The first-order valence-corrected chi connectivity index (χ1v) is 18.5. The van der Waals surface area contributed by atoms with Gasteiger partial charge in [0.05, 0.1) is 5.56 Å². The Morgan fingerprint density at radius 3 is 1.45 bits per heavy atom. The van der Waals surface area contributed by atoms with Crippen molar-refractivity contribution >= 4 is 43.8 Å². The molecule has 0 aliphatic rings. The highest BCUT2D eigenvalue weighted by Gasteiger charge is 2.21. The van der Waals surface area contributed by atoms with E-state index in [2.05, 4.69) is 115 Å². The minimum Gasteiger partial charge on any atom is -0.455 e. The smallest absolute Gasteiger partial charge is 0.227 e. The molecule has 0 fully saturated rings. The van der Waals surface area contributed by atoms with Crippen LogP contribution in [0.5, 0.6) is 0 Å². The Hall–Kier alpha value is -7.70. The Morgan fingerprint density at radius 1 is 0.321 bits per heavy atom. The molecular formula is C50H30N4O2. The number of hydrogen-bond acceptors (Lipinski definition) is 6. The Balaban J connectivity index is 1.09. The highest BCUT2D eigenvalue weighted by Crippen LogP contribution is 2.42. The molecule has 6 heteroatoms. The van der Waals surface area contributed by atoms with Gasteiger partial charge in [0.15, 0.2) is 23.1 Å². The summed E-state index contributed by atoms with van der Waals surface area (Å²) in [6.45, 7) is 0. The molecular weight excluding hydrogens is 689 g/mol. The number of furan rings is 1. The van der Waals surface area contributed by atoms with Gasteiger partial charge in [-0.1, -0.05) is 152 Å². The first-order chi connectivity index (χ1) is 27.7. The predicted octanol–water partition coefficient (Wildman–Crippen LogP) is 13.1. The predicted molar refractivity (Wildman–Crippen MR) is 225 cm³/mol. The van der Waals surface area contributed by atoms with E-state index in [1.165, 1.54) is 0 Å². The molecule has 0 bridgehead atoms. The Bertz CT molecular complexity index is 3110. The molecule has 0 radical (unpaired) electrons. The number of aromatic nitrogens is 4. The molecule has 11 rings (SSSR count). The molecule has 0 saturated carbocycles. The lowest BCUT2D eigenvalue weighted by molar-refractivity contribution is 0.623. The third-order valence-electron chi connectivity index (χ3n) is 10.4. The van der Waals surface area contributed by atoms with Gasteiger partial charge in [-0.25, -0.2) is 19.9 Å². The van der Waals surface area contributed by atoms with Crippen molar-refractivity contribution in [2.24, 2.45) is 0 Å². The van der Waals surface area contributed by atoms with Crippen LogP contribution in [0.4, 0.5) is 0 Å². The van der Waals surface area contributed by atoms with Gasteiger partial charge in [-0.3, -0.25) is 0 Å². The lowest BCUT2D eigenvalue weighted by atomic mass is 10.0. The maximum absolute atomic E-state index is 6.74. The van der Waals surface area contributed by atoms with Gasteiger partial charge in [0.2, 0.25) is 5.89 Å². The number of fused-ring (bicyclic) bond motifs is 7. The molecule has 56 heavy (non-hydrogen) atoms. The highest BCUT2D eigenvalue weighted by molar-refractivity contribution is 6.26. The van der Waals surface area contributed by atoms with E-state index < -0.39 is 0 Å². The SMILES string of the molecule is c1ccc(-c2ccc(-c3nc(-c4ccc(-c5ccccc5)cc4)nc(-c4cccc5c4oc4ccc6ccc7nc(-c8ccccc8)oc7c6c45)n3)cc2)cc1. The van der Waals surface area contributed by atoms with E-state index >= 15 is 0 Å². The van der Waals surface area contributed by atoms with E-state index in [1.807, 2.05) is 66.7 Å². The fraction of sp³-hybridized carbons (Fsp3) is 0. The monoisotopic (exact) mass is 718 g/mol. The van der Waals surface area contributed by atoms with Crippen LogP contribution < -0.4 is 0 Å². The van der Waals surface area contributed by atoms with Crippen molar-refractivity contribution in [3.63, 3.8) is 0 Å². The van der Waals surface area contributed by atoms with Crippen LogP contribution in [0.2, 0.25) is 0 Å². The van der Waals surface area contributed by atoms with Gasteiger partial charge in [0, 0.05) is 32.8 Å². The molecule has 3 aromatic heterocycles. The first-order valence-electron chi connectivity index (χ1n) is 18.5. The summed E-state index contributed by atoms with van der Waals surface area (Å²) in [5.41, 5.74) is 11.0. The second-order valence-electron chi connectivity index (χ2n) is 13.8. The second-order valence-corrected chi connectivity index (χ2v) is 13.8. The molecule has 0 N–H and O–H groups in total. The third-order valence-corrected chi connectivity index (χ3v) is 10.4. The molecule has 0 aliphatic heterocycles. The van der Waals surface area contributed by atoms with Crippen molar-refractivity contribution < 1.29 is 8.83 Å². The van der Waals surface area contributed by atoms with E-state index in [0.29, 0.717) is 28.9 Å². The lowest BCUT2D eigenvalue weighted by Crippen LogP contribution is -2.00. The number of para-hydroxylation sites is 1. The summed E-state index contributed by atoms with van der Waals surface area (Å²) in [6.07, 6.45) is 0. The molecule has 0 unspecified atom stereocenters. The summed E-state index contributed by atoms with van der Waals surface area (Å²) in [5, 5.41) is 3.90. The van der Waals surface area contributed by atoms with Crippen molar-refractivity contribution in [2.75, 3.05) is 0 Å². The van der Waals surface area contributed by atoms with Crippen LogP contribution >= 0.6 is 0 Å². The summed E-state index contributed by atoms with van der Waals surface area (Å²) in [4.78, 5) is 20.2. The number of benzene rings is 8. The van der Waals surface area contributed by atoms with Crippen molar-refractivity contribution in [3.8, 4) is 67.9 Å². The van der Waals surface area contributed by atoms with E-state index in [-0.39, 0.29) is 0 Å². The summed E-state index contributed by atoms with van der Waals surface area (Å²) < 4.78 is 13.3. The quantitative estimate of drug-likeness (QED) is 0.170. The topological polar surface area (TPSA) is 77.8 Å². The summed E-state index contributed by atoms with van der Waals surface area (Å²) in [7, 11) is 0. The summed E-state index contributed by atoms with van der Waals surface area (Å²) in [6, 6.07) is 61.8. The Labute approximate surface area is 321 Å². The fourth-order valence-corrected chi connectivity index (χ4v) is 7.60. The summed E-state index contributed by atoms with van der Waals surface area (Å²) >= 11 is 0. The van der Waals surface area contributed by atoms with E-state index in [1.54, 1.807) is 0 Å². The minimum atomic E-state index is 0.523. The zero-order chi connectivity index (χ0) is 37.0. The van der Waals surface area contributed by atoms with Crippen LogP contribution in [-0.4, -0.2) is 19.9 Å². The van der Waals surface area contributed by atoms with Crippen molar-refractivity contribution in [3.05, 3.63) is 182 Å². The Morgan fingerprint density at radius 2 is 0.839 bits per heavy atom. The molecule has 262 valence electrons. The van der Waals surface area contributed by atoms with Crippen LogP contribution in [-0.2, 0) is 0 Å². The largest absolute Gasteiger partial charge is 0.455 e. The zero-order valence-corrected chi connectivity index (χ0v) is 29.9. The van der Waals surface area contributed by atoms with Crippen LogP contribution in [0.25, 0.3) is 112 Å². The number of hydrogen-bond donors (Lipinski definition) is 0. The minimum absolute atomic E-state index is 0.523. The molecule has 0 spiro atoms. The van der Waals surface area contributed by atoms with E-state index in [0.717, 1.165) is 82.7 Å². The number of oxazole rings is 1. The highest BCUT2D eigenvalue weighted by atomic mass is 16.3. The lowest BCUT2D eigenvalue weighted by Gasteiger charge is -2.10. The van der Waals surface area contributed by atoms with Gasteiger partial charge < -0.3 is 8.83 Å². The normalized spacial score (nSPS) is 11.6. The van der Waals surface area contributed by atoms with Gasteiger partial charge in [-0.15, -0.1) is 0 Å². The van der Waals surface area contributed by atoms with Gasteiger partial charge >= 0.3 is 0 Å². The van der Waals surface area contributed by atoms with Gasteiger partial charge in [-0.05, 0) is 58.0 Å². The average molecular weight is 719 g/mol. The van der Waals surface area contributed by atoms with Crippen LogP contribution in [0.1, 0.15) is 0 Å². The maximum atomic E-state index is 6.74. The maximum Gasteiger partial charge on any atom is 0.227 e. The van der Waals surface area contributed by atoms with Crippen molar-refractivity contribution in [2.45, 2.75) is 0 Å². The molecule has 3 heterocycles. The third kappa shape index (κ3) is 5.43. The molecule has 11 aromatic rings. The standard InChI is InChI=1S/C50H30N4O2/c1-4-11-31(12-5-1)33-19-23-36(24-20-33)47-52-48(37-25-21-34(22-26-37)32-13-6-2-7-14-32)54-49(53-47)40-18-10-17-39-44-42(55-45(39)40)30-28-35-27-29-41-46(43(35)44)56-50(51-41)38-15-8-3-9-16-38/h1-30H.